The summed E-state index contributed by atoms with van der Waals surface area (Å²) in [5, 5.41) is 9.17. The lowest BCUT2D eigenvalue weighted by Gasteiger charge is -2.11. The first-order valence-electron chi connectivity index (χ1n) is 12.9. The van der Waals surface area contributed by atoms with Crippen LogP contribution in [0, 0.1) is 0 Å². The van der Waals surface area contributed by atoms with Gasteiger partial charge in [0.15, 0.2) is 0 Å². The maximum atomic E-state index is 13.3. The number of nitrogens with zero attached hydrogens (tertiary/aromatic N) is 2. The minimum absolute atomic E-state index is 0.0577. The minimum Gasteiger partial charge on any atom is -0.478 e. The average Bonchev–Trinajstić information content (AvgIpc) is 2.91. The van der Waals surface area contributed by atoms with Crippen molar-refractivity contribution in [2.45, 2.75) is 6.54 Å². The van der Waals surface area contributed by atoms with E-state index in [0.717, 1.165) is 4.57 Å². The molecular weight excluding hydrogens is 404 g/mol. The number of aromatic nitrogens is 2. The summed E-state index contributed by atoms with van der Waals surface area (Å²) >= 11 is 0. The number of benzene rings is 3. The second-order valence-electron chi connectivity index (χ2n) is 6.84. The molecule has 158 valence electrons. The standard InChI is InChI=1S/C26H20N2O4/c1-27-23-15-12-19(9-5-8-18-6-3-2-4-7-18)16-22(23)24(29)28(26(27)32)17-20-10-13-21(14-11-20)25(30)31/h2-4,6-16H,17H2,1H3,(H,30,31)/i2D,3D,4D,6D,7D,8D,9D. The Hall–Kier alpha value is -4.41. The zero-order chi connectivity index (χ0) is 28.8. The molecule has 0 unspecified atom stereocenters. The van der Waals surface area contributed by atoms with E-state index in [1.165, 1.54) is 54.1 Å². The number of carbonyl (C=O) groups is 1. The van der Waals surface area contributed by atoms with Crippen molar-refractivity contribution < 1.29 is 19.5 Å². The summed E-state index contributed by atoms with van der Waals surface area (Å²) in [7, 11) is 1.48. The molecule has 0 saturated carbocycles. The first-order chi connectivity index (χ1) is 18.3. The number of carboxylic acids is 1. The third-order valence-electron chi connectivity index (χ3n) is 4.79. The van der Waals surface area contributed by atoms with Gasteiger partial charge in [-0.25, -0.2) is 9.59 Å². The Morgan fingerprint density at radius 3 is 2.44 bits per heavy atom. The van der Waals surface area contributed by atoms with E-state index in [9.17, 15) is 14.4 Å². The minimum atomic E-state index is -1.11. The van der Waals surface area contributed by atoms with Crippen molar-refractivity contribution in [3.63, 3.8) is 0 Å². The Morgan fingerprint density at radius 1 is 1.06 bits per heavy atom. The molecule has 0 aliphatic rings. The van der Waals surface area contributed by atoms with Crippen molar-refractivity contribution in [3.05, 3.63) is 121 Å². The molecule has 0 fully saturated rings. The second-order valence-corrected chi connectivity index (χ2v) is 6.84. The summed E-state index contributed by atoms with van der Waals surface area (Å²) in [6.07, 6.45) is 0. The Kier molecular flexibility index (Phi) is 3.78. The molecule has 0 amide bonds. The van der Waals surface area contributed by atoms with E-state index in [1.807, 2.05) is 0 Å². The highest BCUT2D eigenvalue weighted by atomic mass is 16.4. The largest absolute Gasteiger partial charge is 0.478 e. The number of fused-ring (bicyclic) bond motifs is 1. The monoisotopic (exact) mass is 431 g/mol. The molecular formula is C26H20N2O4. The summed E-state index contributed by atoms with van der Waals surface area (Å²) in [6, 6.07) is 5.98. The van der Waals surface area contributed by atoms with Crippen LogP contribution in [0.25, 0.3) is 23.0 Å². The number of aryl methyl sites for hydroxylation is 1. The van der Waals surface area contributed by atoms with Crippen molar-refractivity contribution in [2.75, 3.05) is 0 Å². The van der Waals surface area contributed by atoms with Crippen molar-refractivity contribution in [2.24, 2.45) is 7.05 Å². The Morgan fingerprint density at radius 2 is 1.75 bits per heavy atom. The van der Waals surface area contributed by atoms with Crippen LogP contribution in [0.15, 0.2) is 88.0 Å². The molecule has 1 aromatic heterocycles. The molecule has 0 bridgehead atoms. The highest BCUT2D eigenvalue weighted by molar-refractivity contribution is 5.87. The fourth-order valence-corrected chi connectivity index (χ4v) is 3.15. The van der Waals surface area contributed by atoms with Gasteiger partial charge in [0.25, 0.3) is 5.56 Å². The molecule has 3 aromatic carbocycles. The SMILES string of the molecule is [2H]C(=C=C([2H])c1c([2H])c([2H])c([2H])c([2H])c1[2H])c1ccc2c(c1)c(=O)n(Cc1ccc(C(=O)O)cc1)c(=O)n2C. The molecule has 1 N–H and O–H groups in total. The van der Waals surface area contributed by atoms with Gasteiger partial charge in [0.2, 0.25) is 0 Å². The van der Waals surface area contributed by atoms with Crippen LogP contribution in [0.2, 0.25) is 0 Å². The van der Waals surface area contributed by atoms with E-state index in [4.69, 9.17) is 14.7 Å². The normalized spacial score (nSPS) is 13.6. The van der Waals surface area contributed by atoms with Crippen molar-refractivity contribution in [1.29, 1.82) is 0 Å². The lowest BCUT2D eigenvalue weighted by molar-refractivity contribution is 0.0697. The maximum Gasteiger partial charge on any atom is 0.335 e. The highest BCUT2D eigenvalue weighted by Gasteiger charge is 2.12. The molecule has 4 rings (SSSR count). The van der Waals surface area contributed by atoms with Gasteiger partial charge in [0.1, 0.15) is 0 Å². The number of aromatic carboxylic acids is 1. The van der Waals surface area contributed by atoms with Crippen LogP contribution < -0.4 is 11.2 Å². The first-order valence-corrected chi connectivity index (χ1v) is 9.41. The molecule has 0 atom stereocenters. The van der Waals surface area contributed by atoms with Gasteiger partial charge >= 0.3 is 11.7 Å². The lowest BCUT2D eigenvalue weighted by atomic mass is 10.1. The van der Waals surface area contributed by atoms with E-state index in [0.29, 0.717) is 11.1 Å². The molecule has 6 heteroatoms. The molecule has 0 aliphatic heterocycles. The van der Waals surface area contributed by atoms with Gasteiger partial charge in [-0.3, -0.25) is 13.9 Å². The average molecular weight is 431 g/mol. The Balaban J connectivity index is 1.85. The third-order valence-corrected chi connectivity index (χ3v) is 4.79. The zero-order valence-corrected chi connectivity index (χ0v) is 16.8. The summed E-state index contributed by atoms with van der Waals surface area (Å²) in [4.78, 5) is 37.3. The second kappa shape index (κ2) is 8.76. The predicted octanol–water partition coefficient (Wildman–Crippen LogP) is 3.77. The van der Waals surface area contributed by atoms with Crippen LogP contribution in [0.3, 0.4) is 0 Å². The molecule has 1 heterocycles. The fraction of sp³-hybridized carbons (Fsp3) is 0.0769. The molecule has 6 nitrogen and oxygen atoms in total. The van der Waals surface area contributed by atoms with Gasteiger partial charge in [0, 0.05) is 7.05 Å². The summed E-state index contributed by atoms with van der Waals surface area (Å²) in [5.41, 5.74) is 1.78. The Labute approximate surface area is 193 Å². The van der Waals surface area contributed by atoms with Crippen LogP contribution >= 0.6 is 0 Å². The van der Waals surface area contributed by atoms with Crippen LogP contribution in [0.1, 0.15) is 36.6 Å². The summed E-state index contributed by atoms with van der Waals surface area (Å²) < 4.78 is 58.2. The summed E-state index contributed by atoms with van der Waals surface area (Å²) in [5.74, 6) is -1.11. The van der Waals surface area contributed by atoms with Gasteiger partial charge in [-0.05, 0) is 53.1 Å². The highest BCUT2D eigenvalue weighted by Crippen LogP contribution is 2.13. The van der Waals surface area contributed by atoms with Gasteiger partial charge in [-0.1, -0.05) is 48.4 Å². The fourth-order valence-electron chi connectivity index (χ4n) is 3.15. The van der Waals surface area contributed by atoms with E-state index >= 15 is 0 Å². The van der Waals surface area contributed by atoms with Crippen LogP contribution in [-0.4, -0.2) is 20.2 Å². The summed E-state index contributed by atoms with van der Waals surface area (Å²) in [6.45, 7) is -0.124. The molecule has 0 saturated heterocycles. The number of hydrogen-bond acceptors (Lipinski definition) is 3. The number of hydrogen-bond donors (Lipinski definition) is 1. The maximum absolute atomic E-state index is 13.3. The molecule has 0 spiro atoms. The molecule has 4 aromatic rings. The van der Waals surface area contributed by atoms with E-state index < -0.39 is 59.0 Å². The molecule has 0 aliphatic carbocycles. The third kappa shape index (κ3) is 4.21. The van der Waals surface area contributed by atoms with Crippen LogP contribution in [0.5, 0.6) is 0 Å². The van der Waals surface area contributed by atoms with E-state index in [2.05, 4.69) is 5.73 Å². The topological polar surface area (TPSA) is 81.3 Å². The number of carboxylic acid groups (broad SMARTS) is 1. The first kappa shape index (κ1) is 13.8. The molecule has 32 heavy (non-hydrogen) atoms. The predicted molar refractivity (Wildman–Crippen MR) is 125 cm³/mol. The molecule has 0 radical (unpaired) electrons. The van der Waals surface area contributed by atoms with Crippen molar-refractivity contribution >= 4 is 29.0 Å². The van der Waals surface area contributed by atoms with Gasteiger partial charge in [0.05, 0.1) is 32.6 Å². The Bertz CT molecular complexity index is 1840. The quantitative estimate of drug-likeness (QED) is 0.488. The van der Waals surface area contributed by atoms with E-state index in [-0.39, 0.29) is 29.1 Å². The van der Waals surface area contributed by atoms with Crippen molar-refractivity contribution in [3.8, 4) is 0 Å². The van der Waals surface area contributed by atoms with Gasteiger partial charge in [-0.2, -0.15) is 0 Å². The smallest absolute Gasteiger partial charge is 0.335 e. The number of rotatable bonds is 5. The van der Waals surface area contributed by atoms with E-state index in [1.54, 1.807) is 0 Å². The zero-order valence-electron chi connectivity index (χ0n) is 23.8. The van der Waals surface area contributed by atoms with Gasteiger partial charge in [-0.15, -0.1) is 5.73 Å². The van der Waals surface area contributed by atoms with Crippen LogP contribution in [0.4, 0.5) is 0 Å². The van der Waals surface area contributed by atoms with Crippen molar-refractivity contribution in [1.82, 2.24) is 9.13 Å². The van der Waals surface area contributed by atoms with Crippen LogP contribution in [-0.2, 0) is 13.6 Å². The van der Waals surface area contributed by atoms with Gasteiger partial charge < -0.3 is 5.11 Å². The lowest BCUT2D eigenvalue weighted by Crippen LogP contribution is -2.39.